The van der Waals surface area contributed by atoms with Crippen LogP contribution in [0.25, 0.3) is 11.2 Å². The number of rotatable bonds is 0. The highest BCUT2D eigenvalue weighted by Gasteiger charge is 2.52. The molecule has 0 spiro atoms. The first-order chi connectivity index (χ1) is 6.68. The second-order valence-electron chi connectivity index (χ2n) is 3.16. The van der Waals surface area contributed by atoms with Crippen LogP contribution in [0.4, 0.5) is 0 Å². The number of benzene rings is 1. The van der Waals surface area contributed by atoms with Crippen LogP contribution in [0.15, 0.2) is 9.15 Å². The van der Waals surface area contributed by atoms with Gasteiger partial charge in [-0.1, -0.05) is 0 Å². The molecule has 7 heteroatoms. The van der Waals surface area contributed by atoms with Crippen molar-refractivity contribution in [1.82, 2.24) is 0 Å². The molecule has 1 atom stereocenters. The number of phosphoric acid groups is 1. The van der Waals surface area contributed by atoms with E-state index in [9.17, 15) is 4.57 Å². The molecule has 1 aromatic carbocycles. The van der Waals surface area contributed by atoms with Crippen molar-refractivity contribution in [3.63, 3.8) is 0 Å². The molecule has 0 amide bonds. The van der Waals surface area contributed by atoms with Gasteiger partial charge in [0.2, 0.25) is 5.75 Å². The van der Waals surface area contributed by atoms with Crippen LogP contribution in [0.1, 0.15) is 5.56 Å². The number of fused-ring (bicyclic) bond motifs is 5. The topological polar surface area (TPSA) is 71.0 Å². The summed E-state index contributed by atoms with van der Waals surface area (Å²) in [6.07, 6.45) is 0. The van der Waals surface area contributed by atoms with Crippen molar-refractivity contribution in [2.24, 2.45) is 0 Å². The SMILES string of the molecule is Cc1c2c3c4ooc4c1OP(=O)(O2)O3. The van der Waals surface area contributed by atoms with Crippen LogP contribution in [0.2, 0.25) is 0 Å². The van der Waals surface area contributed by atoms with Crippen molar-refractivity contribution in [3.8, 4) is 17.2 Å². The third kappa shape index (κ3) is 0.518. The lowest BCUT2D eigenvalue weighted by atomic mass is 10.1. The molecule has 2 aliphatic heterocycles. The van der Waals surface area contributed by atoms with E-state index in [2.05, 4.69) is 0 Å². The van der Waals surface area contributed by atoms with Crippen molar-refractivity contribution >= 4 is 19.0 Å². The maximum absolute atomic E-state index is 11.7. The molecule has 0 N–H and O–H groups in total. The van der Waals surface area contributed by atoms with E-state index in [0.717, 1.165) is 0 Å². The second kappa shape index (κ2) is 1.66. The molecular formula is C7H3O6P. The molecule has 1 unspecified atom stereocenters. The Morgan fingerprint density at radius 2 is 1.50 bits per heavy atom. The van der Waals surface area contributed by atoms with Crippen molar-refractivity contribution in [2.45, 2.75) is 6.92 Å². The Labute approximate surface area is 76.9 Å². The van der Waals surface area contributed by atoms with E-state index in [-0.39, 0.29) is 0 Å². The minimum Gasteiger partial charge on any atom is -0.381 e. The molecule has 2 aromatic rings. The highest BCUT2D eigenvalue weighted by atomic mass is 31.2. The van der Waals surface area contributed by atoms with Crippen molar-refractivity contribution < 1.29 is 27.3 Å². The van der Waals surface area contributed by atoms with Gasteiger partial charge in [-0.3, -0.25) is 9.15 Å². The molecule has 0 saturated heterocycles. The van der Waals surface area contributed by atoms with Gasteiger partial charge in [0.25, 0.3) is 11.2 Å². The fourth-order valence-electron chi connectivity index (χ4n) is 1.65. The molecule has 3 heterocycles. The third-order valence-electron chi connectivity index (χ3n) is 2.32. The smallest absolute Gasteiger partial charge is 0.381 e. The lowest BCUT2D eigenvalue weighted by molar-refractivity contribution is 0.0566. The first-order valence-corrected chi connectivity index (χ1v) is 5.38. The zero-order chi connectivity index (χ0) is 9.50. The predicted molar refractivity (Wildman–Crippen MR) is 42.7 cm³/mol. The van der Waals surface area contributed by atoms with Gasteiger partial charge in [0.05, 0.1) is 0 Å². The second-order valence-corrected chi connectivity index (χ2v) is 4.60. The van der Waals surface area contributed by atoms with Crippen molar-refractivity contribution in [1.29, 1.82) is 0 Å². The molecule has 0 fully saturated rings. The van der Waals surface area contributed by atoms with E-state index >= 15 is 0 Å². The fourth-order valence-corrected chi connectivity index (χ4v) is 3.04. The first kappa shape index (κ1) is 6.84. The Balaban J connectivity index is 2.30. The van der Waals surface area contributed by atoms with Gasteiger partial charge in [0.1, 0.15) is 0 Å². The zero-order valence-corrected chi connectivity index (χ0v) is 7.79. The van der Waals surface area contributed by atoms with Crippen molar-refractivity contribution in [2.75, 3.05) is 0 Å². The highest BCUT2D eigenvalue weighted by Crippen LogP contribution is 2.69. The monoisotopic (exact) mass is 214 g/mol. The standard InChI is InChI=1S/C7H3O6P/c1-2-3-5-6(10-9-5)7-4(2)12-14(8,11-3)13-7/h1H3. The maximum Gasteiger partial charge on any atom is 0.647 e. The van der Waals surface area contributed by atoms with E-state index < -0.39 is 7.82 Å². The summed E-state index contributed by atoms with van der Waals surface area (Å²) >= 11 is 0. The Kier molecular flexibility index (Phi) is 0.810. The van der Waals surface area contributed by atoms with E-state index in [1.807, 2.05) is 0 Å². The fraction of sp³-hybridized carbons (Fsp3) is 0.143. The summed E-state index contributed by atoms with van der Waals surface area (Å²) < 4.78 is 36.3. The van der Waals surface area contributed by atoms with Crippen LogP contribution in [-0.2, 0) is 4.57 Å². The third-order valence-corrected chi connectivity index (χ3v) is 3.54. The normalized spacial score (nSPS) is 26.4. The van der Waals surface area contributed by atoms with E-state index in [0.29, 0.717) is 34.0 Å². The summed E-state index contributed by atoms with van der Waals surface area (Å²) in [4.78, 5) is 0. The minimum atomic E-state index is -3.48. The highest BCUT2D eigenvalue weighted by molar-refractivity contribution is 7.50. The summed E-state index contributed by atoms with van der Waals surface area (Å²) in [5.74, 6) is 1.13. The summed E-state index contributed by atoms with van der Waals surface area (Å²) in [5.41, 5.74) is 1.55. The van der Waals surface area contributed by atoms with Crippen LogP contribution >= 0.6 is 7.82 Å². The van der Waals surface area contributed by atoms with Crippen LogP contribution in [0, 0.1) is 6.92 Å². The average Bonchev–Trinajstić information content (AvgIpc) is 2.30. The van der Waals surface area contributed by atoms with E-state index in [1.54, 1.807) is 6.92 Å². The minimum absolute atomic E-state index is 0.313. The summed E-state index contributed by atoms with van der Waals surface area (Å²) in [7, 11) is -3.48. The first-order valence-electron chi connectivity index (χ1n) is 3.92. The van der Waals surface area contributed by atoms with Gasteiger partial charge < -0.3 is 13.6 Å². The molecule has 0 saturated carbocycles. The van der Waals surface area contributed by atoms with Gasteiger partial charge in [0, 0.05) is 5.56 Å². The van der Waals surface area contributed by atoms with Gasteiger partial charge in [-0.25, -0.2) is 0 Å². The molecular weight excluding hydrogens is 211 g/mol. The van der Waals surface area contributed by atoms with Crippen LogP contribution in [0.3, 0.4) is 0 Å². The summed E-state index contributed by atoms with van der Waals surface area (Å²) in [6.45, 7) is 1.77. The predicted octanol–water partition coefficient (Wildman–Crippen LogP) is 2.61. The zero-order valence-electron chi connectivity index (χ0n) is 6.90. The lowest BCUT2D eigenvalue weighted by Crippen LogP contribution is -2.04. The van der Waals surface area contributed by atoms with E-state index in [4.69, 9.17) is 22.7 Å². The number of phosphoric ester groups is 1. The van der Waals surface area contributed by atoms with Gasteiger partial charge in [-0.2, -0.15) is 4.57 Å². The Bertz CT molecular complexity index is 600. The molecule has 1 aromatic heterocycles. The van der Waals surface area contributed by atoms with Gasteiger partial charge in [0.15, 0.2) is 11.5 Å². The molecule has 3 bridgehead atoms. The van der Waals surface area contributed by atoms with E-state index in [1.165, 1.54) is 0 Å². The van der Waals surface area contributed by atoms with Gasteiger partial charge >= 0.3 is 7.82 Å². The molecule has 2 aliphatic rings. The van der Waals surface area contributed by atoms with Crippen molar-refractivity contribution in [3.05, 3.63) is 5.56 Å². The molecule has 0 radical (unpaired) electrons. The molecule has 0 aliphatic carbocycles. The quantitative estimate of drug-likeness (QED) is 0.495. The lowest BCUT2D eigenvalue weighted by Gasteiger charge is -2.16. The summed E-state index contributed by atoms with van der Waals surface area (Å²) in [6, 6.07) is 0. The number of hydrogen-bond donors (Lipinski definition) is 0. The average molecular weight is 214 g/mol. The maximum atomic E-state index is 11.7. The largest absolute Gasteiger partial charge is 0.647 e. The van der Waals surface area contributed by atoms with Gasteiger partial charge in [-0.05, 0) is 6.92 Å². The molecule has 72 valence electrons. The van der Waals surface area contributed by atoms with Crippen LogP contribution in [0.5, 0.6) is 17.2 Å². The molecule has 4 rings (SSSR count). The summed E-state index contributed by atoms with van der Waals surface area (Å²) in [5, 5.41) is 0. The Hall–Kier alpha value is -1.55. The molecule has 14 heavy (non-hydrogen) atoms. The number of hydrogen-bond acceptors (Lipinski definition) is 6. The Morgan fingerprint density at radius 3 is 2.21 bits per heavy atom. The van der Waals surface area contributed by atoms with Crippen LogP contribution < -0.4 is 13.6 Å². The molecule has 6 nitrogen and oxygen atoms in total. The van der Waals surface area contributed by atoms with Crippen LogP contribution in [-0.4, -0.2) is 0 Å². The van der Waals surface area contributed by atoms with Gasteiger partial charge in [-0.15, -0.1) is 0 Å². The Morgan fingerprint density at radius 1 is 0.929 bits per heavy atom.